The fourth-order valence-corrected chi connectivity index (χ4v) is 3.74. The summed E-state index contributed by atoms with van der Waals surface area (Å²) in [6.07, 6.45) is 0. The molecule has 1 aromatic heterocycles. The quantitative estimate of drug-likeness (QED) is 0.569. The van der Waals surface area contributed by atoms with Gasteiger partial charge in [-0.15, -0.1) is 0 Å². The number of hydrogen-bond donors (Lipinski definition) is 0. The summed E-state index contributed by atoms with van der Waals surface area (Å²) in [7, 11) is 0. The molecule has 2 heterocycles. The zero-order chi connectivity index (χ0) is 24.4. The van der Waals surface area contributed by atoms with E-state index in [0.29, 0.717) is 9.25 Å². The van der Waals surface area contributed by atoms with Crippen molar-refractivity contribution in [3.8, 4) is 5.69 Å². The predicted molar refractivity (Wildman–Crippen MR) is 118 cm³/mol. The maximum Gasteiger partial charge on any atom is 0.352 e. The van der Waals surface area contributed by atoms with Gasteiger partial charge >= 0.3 is 5.69 Å². The van der Waals surface area contributed by atoms with E-state index in [1.165, 1.54) is 48.2 Å². The Bertz CT molecular complexity index is 1380. The van der Waals surface area contributed by atoms with Gasteiger partial charge < -0.3 is 9.80 Å². The van der Waals surface area contributed by atoms with Crippen LogP contribution in [0, 0.1) is 11.6 Å². The molecule has 0 atom stereocenters. The second kappa shape index (κ2) is 9.38. The van der Waals surface area contributed by atoms with E-state index in [1.54, 1.807) is 11.0 Å². The first-order valence-electron chi connectivity index (χ1n) is 10.5. The molecule has 3 aromatic rings. The van der Waals surface area contributed by atoms with E-state index >= 15 is 0 Å². The third kappa shape index (κ3) is 4.36. The summed E-state index contributed by atoms with van der Waals surface area (Å²) in [6.45, 7) is 1.82. The van der Waals surface area contributed by atoms with Crippen molar-refractivity contribution in [1.29, 1.82) is 0 Å². The number of halogens is 2. The standard InChI is InChI=1S/C23H21F2N5O4/c1-15(31)27-10-12-28(13-11-27)21(32)20-22(33)29(14-16-6-2-3-7-17(16)24)23(34)30(26-20)19-9-5-4-8-18(19)25/h2-9H,10-14H2,1H3. The van der Waals surface area contributed by atoms with Crippen molar-refractivity contribution in [2.24, 2.45) is 0 Å². The molecule has 0 aliphatic carbocycles. The lowest BCUT2D eigenvalue weighted by molar-refractivity contribution is -0.130. The minimum absolute atomic E-state index is 0.0430. The van der Waals surface area contributed by atoms with Gasteiger partial charge in [-0.05, 0) is 18.2 Å². The molecule has 1 aliphatic rings. The van der Waals surface area contributed by atoms with Crippen molar-refractivity contribution in [1.82, 2.24) is 24.1 Å². The lowest BCUT2D eigenvalue weighted by atomic mass is 10.2. The Labute approximate surface area is 192 Å². The molecule has 4 rings (SSSR count). The van der Waals surface area contributed by atoms with Crippen LogP contribution in [-0.2, 0) is 11.3 Å². The van der Waals surface area contributed by atoms with E-state index in [-0.39, 0.29) is 43.3 Å². The van der Waals surface area contributed by atoms with Gasteiger partial charge in [0.1, 0.15) is 17.3 Å². The van der Waals surface area contributed by atoms with Crippen LogP contribution >= 0.6 is 0 Å². The van der Waals surface area contributed by atoms with Crippen molar-refractivity contribution in [3.63, 3.8) is 0 Å². The van der Waals surface area contributed by atoms with Gasteiger partial charge in [-0.1, -0.05) is 30.3 Å². The number of hydrogen-bond acceptors (Lipinski definition) is 5. The number of piperazine rings is 1. The first kappa shape index (κ1) is 23.0. The molecule has 11 heteroatoms. The maximum absolute atomic E-state index is 14.5. The van der Waals surface area contributed by atoms with Crippen LogP contribution in [-0.4, -0.2) is 62.1 Å². The van der Waals surface area contributed by atoms with Crippen LogP contribution < -0.4 is 11.2 Å². The molecule has 176 valence electrons. The summed E-state index contributed by atoms with van der Waals surface area (Å²) >= 11 is 0. The van der Waals surface area contributed by atoms with Crippen LogP contribution in [0.15, 0.2) is 58.1 Å². The van der Waals surface area contributed by atoms with Crippen LogP contribution in [0.2, 0.25) is 0 Å². The topological polar surface area (TPSA) is 97.5 Å². The molecule has 1 aliphatic heterocycles. The molecule has 0 radical (unpaired) electrons. The lowest BCUT2D eigenvalue weighted by Crippen LogP contribution is -2.52. The average molecular weight is 469 g/mol. The summed E-state index contributed by atoms with van der Waals surface area (Å²) in [6, 6.07) is 10.9. The van der Waals surface area contributed by atoms with E-state index in [2.05, 4.69) is 5.10 Å². The van der Waals surface area contributed by atoms with Gasteiger partial charge in [0.15, 0.2) is 0 Å². The van der Waals surface area contributed by atoms with Gasteiger partial charge in [-0.2, -0.15) is 9.78 Å². The van der Waals surface area contributed by atoms with Gasteiger partial charge in [-0.3, -0.25) is 19.0 Å². The lowest BCUT2D eigenvalue weighted by Gasteiger charge is -2.33. The van der Waals surface area contributed by atoms with Gasteiger partial charge in [0, 0.05) is 38.7 Å². The molecule has 34 heavy (non-hydrogen) atoms. The fourth-order valence-electron chi connectivity index (χ4n) is 3.74. The maximum atomic E-state index is 14.5. The first-order valence-corrected chi connectivity index (χ1v) is 10.5. The molecule has 2 aromatic carbocycles. The number of nitrogens with zero attached hydrogens (tertiary/aromatic N) is 5. The van der Waals surface area contributed by atoms with E-state index in [9.17, 15) is 28.0 Å². The second-order valence-corrected chi connectivity index (χ2v) is 7.78. The molecule has 0 bridgehead atoms. The van der Waals surface area contributed by atoms with Crippen LogP contribution in [0.4, 0.5) is 8.78 Å². The fraction of sp³-hybridized carbons (Fsp3) is 0.261. The zero-order valence-corrected chi connectivity index (χ0v) is 18.3. The number of carbonyl (C=O) groups is 2. The highest BCUT2D eigenvalue weighted by Crippen LogP contribution is 2.12. The molecule has 9 nitrogen and oxygen atoms in total. The minimum atomic E-state index is -1.02. The number of para-hydroxylation sites is 1. The zero-order valence-electron chi connectivity index (χ0n) is 18.3. The summed E-state index contributed by atoms with van der Waals surface area (Å²) in [5.74, 6) is -2.33. The van der Waals surface area contributed by atoms with Gasteiger partial charge in [-0.25, -0.2) is 13.6 Å². The smallest absolute Gasteiger partial charge is 0.339 e. The number of benzene rings is 2. The third-order valence-corrected chi connectivity index (χ3v) is 5.64. The summed E-state index contributed by atoms with van der Waals surface area (Å²) in [5, 5.41) is 3.92. The van der Waals surface area contributed by atoms with E-state index in [0.717, 1.165) is 6.07 Å². The normalized spacial score (nSPS) is 13.7. The second-order valence-electron chi connectivity index (χ2n) is 7.78. The minimum Gasteiger partial charge on any atom is -0.339 e. The molecule has 2 amide bonds. The molecule has 0 unspecified atom stereocenters. The average Bonchev–Trinajstić information content (AvgIpc) is 2.83. The number of carbonyl (C=O) groups excluding carboxylic acids is 2. The Morgan fingerprint density at radius 3 is 2.09 bits per heavy atom. The predicted octanol–water partition coefficient (Wildman–Crippen LogP) is 1.02. The van der Waals surface area contributed by atoms with Crippen molar-refractivity contribution in [3.05, 3.63) is 92.3 Å². The Morgan fingerprint density at radius 1 is 0.882 bits per heavy atom. The molecular formula is C23H21F2N5O4. The highest BCUT2D eigenvalue weighted by Gasteiger charge is 2.29. The summed E-state index contributed by atoms with van der Waals surface area (Å²) in [5.41, 5.74) is -2.85. The van der Waals surface area contributed by atoms with Gasteiger partial charge in [0.25, 0.3) is 11.5 Å². The Morgan fingerprint density at radius 2 is 1.47 bits per heavy atom. The Balaban J connectivity index is 1.82. The van der Waals surface area contributed by atoms with Crippen LogP contribution in [0.5, 0.6) is 0 Å². The largest absolute Gasteiger partial charge is 0.352 e. The monoisotopic (exact) mass is 469 g/mol. The number of amides is 2. The van der Waals surface area contributed by atoms with Crippen molar-refractivity contribution >= 4 is 11.8 Å². The first-order chi connectivity index (χ1) is 16.3. The number of rotatable bonds is 4. The summed E-state index contributed by atoms with van der Waals surface area (Å²) < 4.78 is 30.1. The highest BCUT2D eigenvalue weighted by atomic mass is 19.1. The van der Waals surface area contributed by atoms with Gasteiger partial charge in [0.05, 0.1) is 6.54 Å². The van der Waals surface area contributed by atoms with E-state index in [1.807, 2.05) is 0 Å². The molecule has 0 saturated carbocycles. The number of aromatic nitrogens is 3. The SMILES string of the molecule is CC(=O)N1CCN(C(=O)c2nn(-c3ccccc3F)c(=O)n(Cc3ccccc3F)c2=O)CC1. The van der Waals surface area contributed by atoms with Crippen molar-refractivity contribution < 1.29 is 18.4 Å². The molecule has 1 fully saturated rings. The van der Waals surface area contributed by atoms with Crippen LogP contribution in [0.25, 0.3) is 5.69 Å². The Hall–Kier alpha value is -4.15. The van der Waals surface area contributed by atoms with Crippen molar-refractivity contribution in [2.75, 3.05) is 26.2 Å². The van der Waals surface area contributed by atoms with Gasteiger partial charge in [0.2, 0.25) is 11.6 Å². The molecule has 1 saturated heterocycles. The highest BCUT2D eigenvalue weighted by molar-refractivity contribution is 5.92. The molecule has 0 spiro atoms. The van der Waals surface area contributed by atoms with Crippen LogP contribution in [0.1, 0.15) is 23.0 Å². The summed E-state index contributed by atoms with van der Waals surface area (Å²) in [4.78, 5) is 54.0. The van der Waals surface area contributed by atoms with Crippen molar-refractivity contribution in [2.45, 2.75) is 13.5 Å². The van der Waals surface area contributed by atoms with Crippen LogP contribution in [0.3, 0.4) is 0 Å². The molecular weight excluding hydrogens is 448 g/mol. The molecule has 0 N–H and O–H groups in total. The van der Waals surface area contributed by atoms with E-state index in [4.69, 9.17) is 0 Å². The Kier molecular flexibility index (Phi) is 6.35. The third-order valence-electron chi connectivity index (χ3n) is 5.64. The van der Waals surface area contributed by atoms with E-state index < -0.39 is 41.0 Å².